The highest BCUT2D eigenvalue weighted by Gasteiger charge is 2.17. The molecule has 4 rings (SSSR count). The van der Waals surface area contributed by atoms with Crippen molar-refractivity contribution in [3.8, 4) is 5.69 Å². The predicted octanol–water partition coefficient (Wildman–Crippen LogP) is 4.06. The zero-order chi connectivity index (χ0) is 23.0. The van der Waals surface area contributed by atoms with Crippen molar-refractivity contribution in [1.29, 1.82) is 0 Å². The number of amides is 2. The average molecular weight is 478 g/mol. The Bertz CT molecular complexity index is 1250. The molecule has 9 heteroatoms. The van der Waals surface area contributed by atoms with Gasteiger partial charge in [0.25, 0.3) is 5.91 Å². The van der Waals surface area contributed by atoms with E-state index in [0.717, 1.165) is 17.1 Å². The normalized spacial score (nSPS) is 10.6. The lowest BCUT2D eigenvalue weighted by atomic mass is 10.1. The Morgan fingerprint density at radius 1 is 0.848 bits per heavy atom. The van der Waals surface area contributed by atoms with E-state index in [-0.39, 0.29) is 17.2 Å². The van der Waals surface area contributed by atoms with E-state index in [4.69, 9.17) is 11.6 Å². The number of carbonyl (C=O) groups excluding carboxylic acids is 2. The van der Waals surface area contributed by atoms with Crippen molar-refractivity contribution in [2.24, 2.45) is 0 Å². The van der Waals surface area contributed by atoms with Crippen molar-refractivity contribution in [2.75, 3.05) is 5.75 Å². The van der Waals surface area contributed by atoms with Crippen LogP contribution in [0.4, 0.5) is 0 Å². The number of hydrogen-bond donors (Lipinski definition) is 2. The number of carbonyl (C=O) groups is 2. The smallest absolute Gasteiger partial charge is 0.271 e. The summed E-state index contributed by atoms with van der Waals surface area (Å²) in [4.78, 5) is 24.6. The molecule has 0 saturated heterocycles. The summed E-state index contributed by atoms with van der Waals surface area (Å²) < 4.78 is 1.94. The summed E-state index contributed by atoms with van der Waals surface area (Å²) >= 11 is 7.25. The van der Waals surface area contributed by atoms with Crippen molar-refractivity contribution in [2.45, 2.75) is 11.6 Å². The number of hydrazine groups is 1. The van der Waals surface area contributed by atoms with Gasteiger partial charge in [-0.2, -0.15) is 0 Å². The molecule has 0 aliphatic rings. The number of hydrogen-bond acceptors (Lipinski definition) is 5. The molecule has 0 aliphatic carbocycles. The van der Waals surface area contributed by atoms with Gasteiger partial charge in [-0.05, 0) is 29.8 Å². The highest BCUT2D eigenvalue weighted by atomic mass is 35.5. The minimum Gasteiger partial charge on any atom is -0.274 e. The van der Waals surface area contributed by atoms with Crippen LogP contribution in [0.15, 0.2) is 90.1 Å². The van der Waals surface area contributed by atoms with E-state index in [1.165, 1.54) is 11.8 Å². The van der Waals surface area contributed by atoms with Gasteiger partial charge in [0.2, 0.25) is 5.91 Å². The first kappa shape index (κ1) is 22.6. The topological polar surface area (TPSA) is 88.9 Å². The number of para-hydroxylation sites is 1. The fourth-order valence-corrected chi connectivity index (χ4v) is 4.12. The molecule has 0 saturated carbocycles. The Morgan fingerprint density at radius 3 is 2.24 bits per heavy atom. The Hall–Kier alpha value is -3.62. The van der Waals surface area contributed by atoms with Crippen LogP contribution in [0.2, 0.25) is 5.02 Å². The van der Waals surface area contributed by atoms with E-state index in [0.29, 0.717) is 16.6 Å². The summed E-state index contributed by atoms with van der Waals surface area (Å²) in [6.45, 7) is 0. The van der Waals surface area contributed by atoms with Gasteiger partial charge in [0.1, 0.15) is 5.82 Å². The fraction of sp³-hybridized carbons (Fsp3) is 0.0833. The molecule has 0 fully saturated rings. The summed E-state index contributed by atoms with van der Waals surface area (Å²) in [6.07, 6.45) is 0.601. The molecule has 0 bridgehead atoms. The molecule has 2 N–H and O–H groups in total. The van der Waals surface area contributed by atoms with Crippen LogP contribution in [0.3, 0.4) is 0 Å². The summed E-state index contributed by atoms with van der Waals surface area (Å²) in [5.74, 6) is -0.0643. The van der Waals surface area contributed by atoms with Gasteiger partial charge in [-0.15, -0.1) is 10.2 Å². The second-order valence-electron chi connectivity index (χ2n) is 7.00. The molecule has 1 heterocycles. The van der Waals surface area contributed by atoms with Gasteiger partial charge >= 0.3 is 0 Å². The zero-order valence-electron chi connectivity index (χ0n) is 17.4. The molecule has 33 heavy (non-hydrogen) atoms. The van der Waals surface area contributed by atoms with Crippen LogP contribution in [0, 0.1) is 0 Å². The van der Waals surface area contributed by atoms with Crippen LogP contribution in [-0.2, 0) is 11.2 Å². The molecule has 166 valence electrons. The average Bonchev–Trinajstić information content (AvgIpc) is 3.25. The van der Waals surface area contributed by atoms with Crippen LogP contribution < -0.4 is 10.9 Å². The van der Waals surface area contributed by atoms with Crippen LogP contribution in [0.25, 0.3) is 5.69 Å². The SMILES string of the molecule is O=C(CSc1nnc(Cc2ccccc2)n1-c1ccccc1)NNC(=O)c1ccccc1Cl. The van der Waals surface area contributed by atoms with Crippen LogP contribution in [-0.4, -0.2) is 32.3 Å². The number of aromatic nitrogens is 3. The van der Waals surface area contributed by atoms with Gasteiger partial charge in [-0.25, -0.2) is 0 Å². The van der Waals surface area contributed by atoms with Gasteiger partial charge in [-0.1, -0.05) is 84.0 Å². The first-order valence-electron chi connectivity index (χ1n) is 10.1. The Morgan fingerprint density at radius 2 is 1.52 bits per heavy atom. The standard InChI is InChI=1S/C24H20ClN5O2S/c25-20-14-8-7-13-19(20)23(32)28-27-22(31)16-33-24-29-26-21(15-17-9-3-1-4-10-17)30(24)18-11-5-2-6-12-18/h1-14H,15-16H2,(H,27,31)(H,28,32). The molecule has 0 aliphatic heterocycles. The molecule has 0 unspecified atom stereocenters. The summed E-state index contributed by atoms with van der Waals surface area (Å²) in [7, 11) is 0. The Labute approximate surface area is 200 Å². The van der Waals surface area contributed by atoms with Gasteiger partial charge in [-0.3, -0.25) is 25.0 Å². The maximum Gasteiger partial charge on any atom is 0.271 e. The number of rotatable bonds is 7. The lowest BCUT2D eigenvalue weighted by molar-refractivity contribution is -0.119. The minimum atomic E-state index is -0.489. The van der Waals surface area contributed by atoms with Crippen molar-refractivity contribution in [3.63, 3.8) is 0 Å². The zero-order valence-corrected chi connectivity index (χ0v) is 19.0. The van der Waals surface area contributed by atoms with Crippen molar-refractivity contribution < 1.29 is 9.59 Å². The fourth-order valence-electron chi connectivity index (χ4n) is 3.13. The highest BCUT2D eigenvalue weighted by Crippen LogP contribution is 2.23. The maximum absolute atomic E-state index is 12.3. The molecule has 1 aromatic heterocycles. The first-order valence-corrected chi connectivity index (χ1v) is 11.5. The third-order valence-corrected chi connectivity index (χ3v) is 5.94. The molecule has 0 atom stereocenters. The lowest BCUT2D eigenvalue weighted by Gasteiger charge is -2.11. The number of benzene rings is 3. The molecular formula is C24H20ClN5O2S. The van der Waals surface area contributed by atoms with E-state index >= 15 is 0 Å². The van der Waals surface area contributed by atoms with E-state index in [1.807, 2.05) is 65.2 Å². The first-order chi connectivity index (χ1) is 16.1. The lowest BCUT2D eigenvalue weighted by Crippen LogP contribution is -2.42. The molecule has 3 aromatic carbocycles. The highest BCUT2D eigenvalue weighted by molar-refractivity contribution is 7.99. The maximum atomic E-state index is 12.3. The van der Waals surface area contributed by atoms with Crippen molar-refractivity contribution in [3.05, 3.63) is 107 Å². The van der Waals surface area contributed by atoms with E-state index in [1.54, 1.807) is 24.3 Å². The molecular weight excluding hydrogens is 458 g/mol. The van der Waals surface area contributed by atoms with Crippen LogP contribution >= 0.6 is 23.4 Å². The second-order valence-corrected chi connectivity index (χ2v) is 8.35. The molecule has 7 nitrogen and oxygen atoms in total. The number of thioether (sulfide) groups is 1. The summed E-state index contributed by atoms with van der Waals surface area (Å²) in [5.41, 5.74) is 7.08. The van der Waals surface area contributed by atoms with Gasteiger partial charge < -0.3 is 0 Å². The number of nitrogens with one attached hydrogen (secondary N) is 2. The quantitative estimate of drug-likeness (QED) is 0.309. The second kappa shape index (κ2) is 10.8. The van der Waals surface area contributed by atoms with E-state index in [2.05, 4.69) is 21.0 Å². The predicted molar refractivity (Wildman–Crippen MR) is 128 cm³/mol. The Kier molecular flexibility index (Phi) is 7.39. The third kappa shape index (κ3) is 5.79. The van der Waals surface area contributed by atoms with Gasteiger partial charge in [0.05, 0.1) is 16.3 Å². The van der Waals surface area contributed by atoms with E-state index in [9.17, 15) is 9.59 Å². The monoisotopic (exact) mass is 477 g/mol. The largest absolute Gasteiger partial charge is 0.274 e. The molecule has 0 spiro atoms. The Balaban J connectivity index is 1.44. The number of halogens is 1. The van der Waals surface area contributed by atoms with Crippen LogP contribution in [0.1, 0.15) is 21.7 Å². The molecule has 4 aromatic rings. The van der Waals surface area contributed by atoms with Gasteiger partial charge in [0, 0.05) is 12.1 Å². The van der Waals surface area contributed by atoms with Crippen LogP contribution in [0.5, 0.6) is 0 Å². The molecule has 2 amide bonds. The van der Waals surface area contributed by atoms with Crippen molar-refractivity contribution >= 4 is 35.2 Å². The van der Waals surface area contributed by atoms with Gasteiger partial charge in [0.15, 0.2) is 5.16 Å². The minimum absolute atomic E-state index is 0.0408. The van der Waals surface area contributed by atoms with E-state index < -0.39 is 5.91 Å². The van der Waals surface area contributed by atoms with Crippen molar-refractivity contribution in [1.82, 2.24) is 25.6 Å². The molecule has 0 radical (unpaired) electrons. The number of nitrogens with zero attached hydrogens (tertiary/aromatic N) is 3. The summed E-state index contributed by atoms with van der Waals surface area (Å²) in [5, 5.41) is 9.56. The summed E-state index contributed by atoms with van der Waals surface area (Å²) in [6, 6.07) is 26.3. The third-order valence-electron chi connectivity index (χ3n) is 4.69.